The van der Waals surface area contributed by atoms with Crippen molar-refractivity contribution in [1.29, 1.82) is 0 Å². The number of benzene rings is 1. The molecule has 0 spiro atoms. The number of aromatic nitrogens is 1. The van der Waals surface area contributed by atoms with Crippen molar-refractivity contribution in [3.63, 3.8) is 0 Å². The van der Waals surface area contributed by atoms with E-state index in [1.54, 1.807) is 12.1 Å². The van der Waals surface area contributed by atoms with Gasteiger partial charge in [-0.25, -0.2) is 0 Å². The van der Waals surface area contributed by atoms with Crippen LogP contribution in [-0.4, -0.2) is 23.9 Å². The zero-order valence-corrected chi connectivity index (χ0v) is 15.3. The van der Waals surface area contributed by atoms with E-state index >= 15 is 0 Å². The van der Waals surface area contributed by atoms with Crippen molar-refractivity contribution in [2.24, 2.45) is 0 Å². The number of aldehydes is 1. The van der Waals surface area contributed by atoms with Crippen LogP contribution in [0.1, 0.15) is 29.9 Å². The maximum Gasteiger partial charge on any atom is 0.167 e. The zero-order chi connectivity index (χ0) is 18.0. The number of hydrogen-bond donors (Lipinski definition) is 0. The number of pyridine rings is 1. The molecule has 25 heavy (non-hydrogen) atoms. The van der Waals surface area contributed by atoms with Crippen LogP contribution in [0, 0.1) is 6.92 Å². The molecule has 0 saturated heterocycles. The number of fused-ring (bicyclic) bond motifs is 1. The van der Waals surface area contributed by atoms with Crippen LogP contribution < -0.4 is 9.47 Å². The minimum absolute atomic E-state index is 0.489. The first-order chi connectivity index (χ1) is 12.1. The lowest BCUT2D eigenvalue weighted by atomic mass is 10.0. The lowest BCUT2D eigenvalue weighted by Crippen LogP contribution is -1.99. The second-order valence-corrected chi connectivity index (χ2v) is 6.11. The van der Waals surface area contributed by atoms with E-state index in [2.05, 4.69) is 0 Å². The fourth-order valence-electron chi connectivity index (χ4n) is 2.92. The Labute approximate surface area is 151 Å². The molecule has 2 aromatic heterocycles. The van der Waals surface area contributed by atoms with Crippen LogP contribution in [0.4, 0.5) is 0 Å². The van der Waals surface area contributed by atoms with Gasteiger partial charge in [0.2, 0.25) is 0 Å². The summed E-state index contributed by atoms with van der Waals surface area (Å²) in [4.78, 5) is 11.8. The third-order valence-corrected chi connectivity index (χ3v) is 4.29. The zero-order valence-electron chi connectivity index (χ0n) is 14.5. The molecule has 0 aliphatic carbocycles. The van der Waals surface area contributed by atoms with E-state index in [0.29, 0.717) is 35.4 Å². The molecule has 3 aromatic rings. The number of aryl methyl sites for hydroxylation is 1. The Balaban J connectivity index is 2.26. The minimum Gasteiger partial charge on any atom is -0.493 e. The van der Waals surface area contributed by atoms with E-state index in [1.165, 1.54) is 0 Å². The summed E-state index contributed by atoms with van der Waals surface area (Å²) in [6.45, 7) is 6.83. The van der Waals surface area contributed by atoms with Gasteiger partial charge in [0.25, 0.3) is 0 Å². The van der Waals surface area contributed by atoms with E-state index in [0.717, 1.165) is 28.5 Å². The largest absolute Gasteiger partial charge is 0.493 e. The topological polar surface area (TPSA) is 39.9 Å². The summed E-state index contributed by atoms with van der Waals surface area (Å²) in [5.41, 5.74) is 4.15. The van der Waals surface area contributed by atoms with E-state index in [4.69, 9.17) is 21.1 Å². The molecule has 0 amide bonds. The highest BCUT2D eigenvalue weighted by Gasteiger charge is 2.18. The molecule has 0 bridgehead atoms. The highest BCUT2D eigenvalue weighted by molar-refractivity contribution is 6.32. The number of ether oxygens (including phenoxy) is 2. The average molecular weight is 358 g/mol. The number of nitrogens with zero attached hydrogens (tertiary/aromatic N) is 1. The molecule has 0 unspecified atom stereocenters. The van der Waals surface area contributed by atoms with Gasteiger partial charge in [0.15, 0.2) is 6.29 Å². The number of halogens is 1. The number of carbonyl (C=O) groups excluding carboxylic acids is 1. The molecular formula is C20H20ClNO3. The van der Waals surface area contributed by atoms with Gasteiger partial charge in [-0.3, -0.25) is 4.79 Å². The highest BCUT2D eigenvalue weighted by Crippen LogP contribution is 2.40. The summed E-state index contributed by atoms with van der Waals surface area (Å²) in [6, 6.07) is 9.56. The molecule has 1 aromatic carbocycles. The lowest BCUT2D eigenvalue weighted by Gasteiger charge is -2.14. The number of carbonyl (C=O) groups is 1. The molecule has 0 atom stereocenters. The first kappa shape index (κ1) is 17.4. The van der Waals surface area contributed by atoms with Gasteiger partial charge in [-0.05, 0) is 44.5 Å². The quantitative estimate of drug-likeness (QED) is 0.571. The third kappa shape index (κ3) is 3.22. The first-order valence-corrected chi connectivity index (χ1v) is 8.63. The first-order valence-electron chi connectivity index (χ1n) is 8.25. The van der Waals surface area contributed by atoms with Crippen molar-refractivity contribution in [1.82, 2.24) is 4.40 Å². The van der Waals surface area contributed by atoms with Gasteiger partial charge < -0.3 is 13.9 Å². The molecule has 4 nitrogen and oxygen atoms in total. The minimum atomic E-state index is 0.489. The van der Waals surface area contributed by atoms with Crippen molar-refractivity contribution < 1.29 is 14.3 Å². The van der Waals surface area contributed by atoms with Crippen molar-refractivity contribution in [2.45, 2.75) is 20.8 Å². The van der Waals surface area contributed by atoms with Crippen molar-refractivity contribution in [3.05, 3.63) is 52.8 Å². The summed E-state index contributed by atoms with van der Waals surface area (Å²) in [6.07, 6.45) is 2.81. The Morgan fingerprint density at radius 3 is 2.44 bits per heavy atom. The van der Waals surface area contributed by atoms with Crippen LogP contribution >= 0.6 is 11.6 Å². The molecule has 130 valence electrons. The Hall–Kier alpha value is -2.46. The van der Waals surface area contributed by atoms with Gasteiger partial charge in [-0.1, -0.05) is 17.7 Å². The molecule has 0 aliphatic heterocycles. The van der Waals surface area contributed by atoms with Crippen LogP contribution in [0.15, 0.2) is 36.5 Å². The van der Waals surface area contributed by atoms with Crippen molar-refractivity contribution in [2.75, 3.05) is 13.2 Å². The normalized spacial score (nSPS) is 10.9. The fourth-order valence-corrected chi connectivity index (χ4v) is 3.14. The summed E-state index contributed by atoms with van der Waals surface area (Å²) < 4.78 is 13.2. The van der Waals surface area contributed by atoms with Crippen LogP contribution in [0.25, 0.3) is 16.6 Å². The Morgan fingerprint density at radius 1 is 1.04 bits per heavy atom. The Bertz CT molecular complexity index is 930. The van der Waals surface area contributed by atoms with Gasteiger partial charge >= 0.3 is 0 Å². The monoisotopic (exact) mass is 357 g/mol. The molecule has 0 saturated carbocycles. The highest BCUT2D eigenvalue weighted by atomic mass is 35.5. The molecule has 0 N–H and O–H groups in total. The van der Waals surface area contributed by atoms with Gasteiger partial charge in [-0.2, -0.15) is 0 Å². The van der Waals surface area contributed by atoms with Gasteiger partial charge in [-0.15, -0.1) is 0 Å². The average Bonchev–Trinajstić information content (AvgIpc) is 2.95. The summed E-state index contributed by atoms with van der Waals surface area (Å²) in [7, 11) is 0. The molecule has 3 rings (SSSR count). The smallest absolute Gasteiger partial charge is 0.167 e. The molecule has 0 fully saturated rings. The third-order valence-electron chi connectivity index (χ3n) is 3.99. The molecule has 5 heteroatoms. The van der Waals surface area contributed by atoms with Crippen LogP contribution in [0.3, 0.4) is 0 Å². The number of hydrogen-bond acceptors (Lipinski definition) is 3. The maximum absolute atomic E-state index is 11.8. The van der Waals surface area contributed by atoms with Gasteiger partial charge in [0.05, 0.1) is 23.9 Å². The summed E-state index contributed by atoms with van der Waals surface area (Å²) >= 11 is 6.37. The second-order valence-electron chi connectivity index (χ2n) is 5.71. The SMILES string of the molecule is CCOc1cc(OCC)c(-c2cc3ccc(C)cn3c2C=O)cc1Cl. The second kappa shape index (κ2) is 7.19. The van der Waals surface area contributed by atoms with Gasteiger partial charge in [0.1, 0.15) is 11.5 Å². The predicted octanol–water partition coefficient (Wildman–Crippen LogP) is 5.18. The molecule has 2 heterocycles. The standard InChI is InChI=1S/C20H20ClNO3/c1-4-24-19-10-20(25-5-2)17(21)9-16(19)15-8-14-7-6-13(3)11-22(14)18(15)12-23/h6-12H,4-5H2,1-3H3. The predicted molar refractivity (Wildman–Crippen MR) is 100 cm³/mol. The van der Waals surface area contributed by atoms with Crippen LogP contribution in [0.2, 0.25) is 5.02 Å². The lowest BCUT2D eigenvalue weighted by molar-refractivity contribution is 0.111. The molecule has 0 radical (unpaired) electrons. The Morgan fingerprint density at radius 2 is 1.76 bits per heavy atom. The van der Waals surface area contributed by atoms with E-state index in [9.17, 15) is 4.79 Å². The van der Waals surface area contributed by atoms with E-state index in [-0.39, 0.29) is 0 Å². The van der Waals surface area contributed by atoms with E-state index < -0.39 is 0 Å². The molecular weight excluding hydrogens is 338 g/mol. The fraction of sp³-hybridized carbons (Fsp3) is 0.250. The van der Waals surface area contributed by atoms with Crippen molar-refractivity contribution >= 4 is 23.4 Å². The van der Waals surface area contributed by atoms with Crippen LogP contribution in [-0.2, 0) is 0 Å². The summed E-state index contributed by atoms with van der Waals surface area (Å²) in [5, 5.41) is 0.489. The summed E-state index contributed by atoms with van der Waals surface area (Å²) in [5.74, 6) is 1.22. The van der Waals surface area contributed by atoms with E-state index in [1.807, 2.05) is 49.6 Å². The Kier molecular flexibility index (Phi) is 5.00. The maximum atomic E-state index is 11.8. The number of rotatable bonds is 6. The van der Waals surface area contributed by atoms with Gasteiger partial charge in [0, 0.05) is 28.9 Å². The molecule has 0 aliphatic rings. The van der Waals surface area contributed by atoms with Crippen LogP contribution in [0.5, 0.6) is 11.5 Å². The van der Waals surface area contributed by atoms with Crippen molar-refractivity contribution in [3.8, 4) is 22.6 Å².